The molecule has 1 aromatic rings. The van der Waals surface area contributed by atoms with Crippen LogP contribution in [-0.2, 0) is 0 Å². The third-order valence-electron chi connectivity index (χ3n) is 4.30. The topological polar surface area (TPSA) is 24.9 Å². The molecular formula is C15H23FN2. The number of rotatable bonds is 4. The Hall–Kier alpha value is -0.960. The molecule has 3 unspecified atom stereocenters. The Morgan fingerprint density at radius 3 is 2.89 bits per heavy atom. The number of nitrogens with one attached hydrogen (secondary N) is 1. The van der Waals surface area contributed by atoms with Crippen molar-refractivity contribution in [3.63, 3.8) is 0 Å². The highest BCUT2D eigenvalue weighted by Gasteiger charge is 2.30. The van der Waals surface area contributed by atoms with Gasteiger partial charge in [0.15, 0.2) is 0 Å². The van der Waals surface area contributed by atoms with E-state index in [1.807, 2.05) is 13.2 Å². The first kappa shape index (κ1) is 13.5. The smallest absolute Gasteiger partial charge is 0.141 e. The van der Waals surface area contributed by atoms with Crippen LogP contribution in [0.3, 0.4) is 0 Å². The largest absolute Gasteiger partial charge is 0.319 e. The molecule has 2 nitrogen and oxygen atoms in total. The van der Waals surface area contributed by atoms with Crippen LogP contribution in [0.15, 0.2) is 18.5 Å². The molecule has 0 spiro atoms. The average Bonchev–Trinajstić information content (AvgIpc) is 2.39. The molecule has 18 heavy (non-hydrogen) atoms. The molecule has 1 aliphatic carbocycles. The summed E-state index contributed by atoms with van der Waals surface area (Å²) in [6.45, 7) is 3.27. The number of hydrogen-bond acceptors (Lipinski definition) is 2. The molecule has 3 atom stereocenters. The fourth-order valence-corrected chi connectivity index (χ4v) is 3.24. The van der Waals surface area contributed by atoms with Crippen LogP contribution in [0.25, 0.3) is 0 Å². The summed E-state index contributed by atoms with van der Waals surface area (Å²) in [5, 5.41) is 3.27. The van der Waals surface area contributed by atoms with Gasteiger partial charge in [-0.15, -0.1) is 0 Å². The Bertz CT molecular complexity index is 381. The molecular weight excluding hydrogens is 227 g/mol. The quantitative estimate of drug-likeness (QED) is 0.886. The van der Waals surface area contributed by atoms with Crippen LogP contribution in [0, 0.1) is 17.7 Å². The van der Waals surface area contributed by atoms with Crippen molar-refractivity contribution in [3.05, 3.63) is 29.8 Å². The van der Waals surface area contributed by atoms with Gasteiger partial charge in [0.05, 0.1) is 6.20 Å². The van der Waals surface area contributed by atoms with Crippen molar-refractivity contribution in [2.24, 2.45) is 11.8 Å². The van der Waals surface area contributed by atoms with Gasteiger partial charge in [0, 0.05) is 6.20 Å². The molecule has 1 aromatic heterocycles. The highest BCUT2D eigenvalue weighted by Crippen LogP contribution is 2.41. The monoisotopic (exact) mass is 250 g/mol. The van der Waals surface area contributed by atoms with E-state index in [2.05, 4.69) is 17.2 Å². The summed E-state index contributed by atoms with van der Waals surface area (Å²) in [4.78, 5) is 4.01. The van der Waals surface area contributed by atoms with Crippen molar-refractivity contribution in [1.29, 1.82) is 0 Å². The second-order valence-corrected chi connectivity index (χ2v) is 5.45. The van der Waals surface area contributed by atoms with E-state index in [1.54, 1.807) is 6.07 Å². The number of aromatic nitrogens is 1. The molecule has 0 radical (unpaired) electrons. The molecule has 0 saturated heterocycles. The van der Waals surface area contributed by atoms with Gasteiger partial charge < -0.3 is 5.32 Å². The van der Waals surface area contributed by atoms with Gasteiger partial charge in [0.25, 0.3) is 0 Å². The van der Waals surface area contributed by atoms with Gasteiger partial charge >= 0.3 is 0 Å². The average molecular weight is 250 g/mol. The fourth-order valence-electron chi connectivity index (χ4n) is 3.24. The van der Waals surface area contributed by atoms with E-state index in [0.29, 0.717) is 11.8 Å². The highest BCUT2D eigenvalue weighted by molar-refractivity contribution is 5.18. The molecule has 1 fully saturated rings. The lowest BCUT2D eigenvalue weighted by atomic mass is 9.70. The third-order valence-corrected chi connectivity index (χ3v) is 4.30. The number of hydrogen-bond donors (Lipinski definition) is 1. The maximum Gasteiger partial charge on any atom is 0.141 e. The zero-order valence-electron chi connectivity index (χ0n) is 11.3. The molecule has 0 amide bonds. The van der Waals surface area contributed by atoms with Crippen LogP contribution >= 0.6 is 0 Å². The molecule has 1 saturated carbocycles. The van der Waals surface area contributed by atoms with E-state index in [9.17, 15) is 4.39 Å². The van der Waals surface area contributed by atoms with Gasteiger partial charge in [0.1, 0.15) is 5.82 Å². The standard InChI is InChI=1S/C15H23FN2/c1-3-11-4-5-12(8-17-2)15(6-11)13-7-14(16)10-18-9-13/h7,9-12,15,17H,3-6,8H2,1-2H3. The first-order valence-corrected chi connectivity index (χ1v) is 6.99. The summed E-state index contributed by atoms with van der Waals surface area (Å²) < 4.78 is 13.3. The fraction of sp³-hybridized carbons (Fsp3) is 0.667. The van der Waals surface area contributed by atoms with Crippen molar-refractivity contribution in [2.45, 2.75) is 38.5 Å². The second kappa shape index (κ2) is 6.28. The third kappa shape index (κ3) is 3.08. The summed E-state index contributed by atoms with van der Waals surface area (Å²) in [5.74, 6) is 1.64. The Morgan fingerprint density at radius 1 is 1.39 bits per heavy atom. The second-order valence-electron chi connectivity index (χ2n) is 5.45. The van der Waals surface area contributed by atoms with E-state index >= 15 is 0 Å². The normalized spacial score (nSPS) is 28.3. The van der Waals surface area contributed by atoms with Crippen molar-refractivity contribution >= 4 is 0 Å². The first-order valence-electron chi connectivity index (χ1n) is 6.99. The number of nitrogens with zero attached hydrogens (tertiary/aromatic N) is 1. The molecule has 1 heterocycles. The molecule has 100 valence electrons. The summed E-state index contributed by atoms with van der Waals surface area (Å²) in [7, 11) is 1.99. The van der Waals surface area contributed by atoms with Gasteiger partial charge in [-0.05, 0) is 55.8 Å². The van der Waals surface area contributed by atoms with Crippen LogP contribution in [0.5, 0.6) is 0 Å². The molecule has 0 aromatic carbocycles. The van der Waals surface area contributed by atoms with Gasteiger partial charge in [-0.2, -0.15) is 0 Å². The lowest BCUT2D eigenvalue weighted by Gasteiger charge is -2.36. The van der Waals surface area contributed by atoms with Crippen molar-refractivity contribution in [1.82, 2.24) is 10.3 Å². The molecule has 3 heteroatoms. The molecule has 1 N–H and O–H groups in total. The molecule has 0 aliphatic heterocycles. The van der Waals surface area contributed by atoms with E-state index in [0.717, 1.165) is 18.0 Å². The molecule has 1 aliphatic rings. The SMILES string of the molecule is CCC1CCC(CNC)C(c2cncc(F)c2)C1. The Morgan fingerprint density at radius 2 is 2.22 bits per heavy atom. The zero-order valence-corrected chi connectivity index (χ0v) is 11.3. The van der Waals surface area contributed by atoms with Crippen molar-refractivity contribution < 1.29 is 4.39 Å². The maximum atomic E-state index is 13.3. The highest BCUT2D eigenvalue weighted by atomic mass is 19.1. The Kier molecular flexibility index (Phi) is 4.70. The number of pyridine rings is 1. The molecule has 2 rings (SSSR count). The van der Waals surface area contributed by atoms with Crippen LogP contribution in [0.4, 0.5) is 4.39 Å². The minimum Gasteiger partial charge on any atom is -0.319 e. The number of halogens is 1. The van der Waals surface area contributed by atoms with Crippen molar-refractivity contribution in [2.75, 3.05) is 13.6 Å². The van der Waals surface area contributed by atoms with Crippen LogP contribution in [0.2, 0.25) is 0 Å². The van der Waals surface area contributed by atoms with Gasteiger partial charge in [-0.3, -0.25) is 4.98 Å². The van der Waals surface area contributed by atoms with E-state index < -0.39 is 0 Å². The summed E-state index contributed by atoms with van der Waals surface area (Å²) in [6, 6.07) is 1.67. The summed E-state index contributed by atoms with van der Waals surface area (Å²) in [5.41, 5.74) is 1.08. The predicted molar refractivity (Wildman–Crippen MR) is 72.0 cm³/mol. The van der Waals surface area contributed by atoms with E-state index in [-0.39, 0.29) is 5.82 Å². The Labute approximate surface area is 109 Å². The van der Waals surface area contributed by atoms with Gasteiger partial charge in [-0.1, -0.05) is 19.8 Å². The summed E-state index contributed by atoms with van der Waals surface area (Å²) in [6.07, 6.45) is 8.08. The van der Waals surface area contributed by atoms with Crippen LogP contribution < -0.4 is 5.32 Å². The van der Waals surface area contributed by atoms with E-state index in [1.165, 1.54) is 31.9 Å². The minimum atomic E-state index is -0.214. The minimum absolute atomic E-state index is 0.214. The predicted octanol–water partition coefficient (Wildman–Crippen LogP) is 3.35. The molecule has 0 bridgehead atoms. The van der Waals surface area contributed by atoms with Crippen LogP contribution in [0.1, 0.15) is 44.1 Å². The van der Waals surface area contributed by atoms with Gasteiger partial charge in [0.2, 0.25) is 0 Å². The Balaban J connectivity index is 2.18. The van der Waals surface area contributed by atoms with E-state index in [4.69, 9.17) is 0 Å². The lowest BCUT2D eigenvalue weighted by Crippen LogP contribution is -2.30. The van der Waals surface area contributed by atoms with Crippen molar-refractivity contribution in [3.8, 4) is 0 Å². The van der Waals surface area contributed by atoms with Crippen LogP contribution in [-0.4, -0.2) is 18.6 Å². The summed E-state index contributed by atoms with van der Waals surface area (Å²) >= 11 is 0. The first-order chi connectivity index (χ1) is 8.74. The maximum absolute atomic E-state index is 13.3. The zero-order chi connectivity index (χ0) is 13.0. The van der Waals surface area contributed by atoms with Gasteiger partial charge in [-0.25, -0.2) is 4.39 Å². The lowest BCUT2D eigenvalue weighted by molar-refractivity contribution is 0.228.